The molecule has 0 spiro atoms. The minimum Gasteiger partial charge on any atom is -0.297 e. The molecule has 1 aromatic carbocycles. The number of Topliss-reactive ketones (excluding diaryl/α,β-unsaturated/α-hetero) is 1. The fourth-order valence-electron chi connectivity index (χ4n) is 2.97. The Balaban J connectivity index is 2.16. The molecule has 1 aliphatic heterocycles. The van der Waals surface area contributed by atoms with Gasteiger partial charge in [-0.05, 0) is 63.4 Å². The number of hydrogen-bond donors (Lipinski definition) is 0. The van der Waals surface area contributed by atoms with Crippen LogP contribution in [0.5, 0.6) is 0 Å². The van der Waals surface area contributed by atoms with E-state index in [1.165, 1.54) is 12.8 Å². The second-order valence-electron chi connectivity index (χ2n) is 6.02. The van der Waals surface area contributed by atoms with E-state index in [2.05, 4.69) is 18.7 Å². The van der Waals surface area contributed by atoms with Crippen LogP contribution in [0.25, 0.3) is 0 Å². The number of ketones is 1. The Hall–Kier alpha value is -0.860. The molecule has 20 heavy (non-hydrogen) atoms. The van der Waals surface area contributed by atoms with Crippen molar-refractivity contribution in [1.29, 1.82) is 0 Å². The smallest absolute Gasteiger partial charge is 0.157 e. The van der Waals surface area contributed by atoms with Gasteiger partial charge in [-0.3, -0.25) is 9.69 Å². The minimum atomic E-state index is -0.343. The fraction of sp³-hybridized carbons (Fsp3) is 0.588. The lowest BCUT2D eigenvalue weighted by Crippen LogP contribution is -2.51. The molecule has 0 amide bonds. The first-order valence-electron chi connectivity index (χ1n) is 7.50. The van der Waals surface area contributed by atoms with Gasteiger partial charge in [-0.2, -0.15) is 0 Å². The van der Waals surface area contributed by atoms with Gasteiger partial charge in [-0.25, -0.2) is 0 Å². The van der Waals surface area contributed by atoms with Crippen LogP contribution < -0.4 is 0 Å². The molecule has 1 aliphatic rings. The summed E-state index contributed by atoms with van der Waals surface area (Å²) >= 11 is 6.26. The molecule has 110 valence electrons. The first-order chi connectivity index (χ1) is 9.47. The third-order valence-electron chi connectivity index (χ3n) is 4.65. The molecule has 1 heterocycles. The van der Waals surface area contributed by atoms with E-state index >= 15 is 0 Å². The SMILES string of the molecule is CCC(C)(C(=O)Cc1ccc(C)cc1Cl)N1CCCC1. The van der Waals surface area contributed by atoms with Crippen molar-refractivity contribution in [2.24, 2.45) is 0 Å². The quantitative estimate of drug-likeness (QED) is 0.817. The number of benzene rings is 1. The molecule has 1 saturated heterocycles. The average Bonchev–Trinajstić information content (AvgIpc) is 2.95. The van der Waals surface area contributed by atoms with E-state index in [4.69, 9.17) is 11.6 Å². The van der Waals surface area contributed by atoms with Gasteiger partial charge in [0, 0.05) is 11.4 Å². The molecule has 2 rings (SSSR count). The lowest BCUT2D eigenvalue weighted by atomic mass is 9.87. The maximum atomic E-state index is 12.8. The fourth-order valence-corrected chi connectivity index (χ4v) is 3.27. The van der Waals surface area contributed by atoms with Crippen LogP contribution in [0.2, 0.25) is 5.02 Å². The Morgan fingerprint density at radius 2 is 2.00 bits per heavy atom. The molecule has 1 aromatic rings. The molecular formula is C17H24ClNO. The lowest BCUT2D eigenvalue weighted by Gasteiger charge is -2.36. The van der Waals surface area contributed by atoms with Gasteiger partial charge < -0.3 is 0 Å². The Kier molecular flexibility index (Phi) is 4.87. The molecule has 2 nitrogen and oxygen atoms in total. The number of rotatable bonds is 5. The molecule has 1 atom stereocenters. The van der Waals surface area contributed by atoms with E-state index in [-0.39, 0.29) is 11.3 Å². The summed E-state index contributed by atoms with van der Waals surface area (Å²) in [7, 11) is 0. The molecule has 0 aliphatic carbocycles. The standard InChI is InChI=1S/C17H24ClNO/c1-4-17(3,19-9-5-6-10-19)16(20)12-14-8-7-13(2)11-15(14)18/h7-8,11H,4-6,9-10,12H2,1-3H3. The van der Waals surface area contributed by atoms with Gasteiger partial charge in [0.05, 0.1) is 5.54 Å². The average molecular weight is 294 g/mol. The van der Waals surface area contributed by atoms with Crippen molar-refractivity contribution in [3.8, 4) is 0 Å². The van der Waals surface area contributed by atoms with Gasteiger partial charge in [0.15, 0.2) is 5.78 Å². The normalized spacial score (nSPS) is 19.0. The van der Waals surface area contributed by atoms with Crippen molar-refractivity contribution in [2.45, 2.75) is 52.0 Å². The zero-order valence-corrected chi connectivity index (χ0v) is 13.5. The van der Waals surface area contributed by atoms with Crippen LogP contribution in [0.3, 0.4) is 0 Å². The maximum absolute atomic E-state index is 12.8. The Morgan fingerprint density at radius 3 is 2.55 bits per heavy atom. The maximum Gasteiger partial charge on any atom is 0.157 e. The van der Waals surface area contributed by atoms with E-state index in [1.807, 2.05) is 25.1 Å². The minimum absolute atomic E-state index is 0.285. The predicted molar refractivity (Wildman–Crippen MR) is 84.4 cm³/mol. The van der Waals surface area contributed by atoms with Crippen LogP contribution in [0.15, 0.2) is 18.2 Å². The molecular weight excluding hydrogens is 270 g/mol. The molecule has 1 unspecified atom stereocenters. The molecule has 0 radical (unpaired) electrons. The van der Waals surface area contributed by atoms with Crippen molar-refractivity contribution >= 4 is 17.4 Å². The third kappa shape index (κ3) is 3.07. The van der Waals surface area contributed by atoms with E-state index in [1.54, 1.807) is 0 Å². The Morgan fingerprint density at radius 1 is 1.35 bits per heavy atom. The third-order valence-corrected chi connectivity index (χ3v) is 5.00. The molecule has 0 bridgehead atoms. The van der Waals surface area contributed by atoms with E-state index in [0.29, 0.717) is 11.4 Å². The first kappa shape index (κ1) is 15.5. The molecule has 0 N–H and O–H groups in total. The number of hydrogen-bond acceptors (Lipinski definition) is 2. The van der Waals surface area contributed by atoms with Crippen LogP contribution in [-0.2, 0) is 11.2 Å². The second kappa shape index (κ2) is 6.28. The highest BCUT2D eigenvalue weighted by Gasteiger charge is 2.38. The van der Waals surface area contributed by atoms with Crippen LogP contribution in [0, 0.1) is 6.92 Å². The number of halogens is 1. The van der Waals surface area contributed by atoms with Gasteiger partial charge in [-0.1, -0.05) is 30.7 Å². The zero-order chi connectivity index (χ0) is 14.8. The van der Waals surface area contributed by atoms with Crippen molar-refractivity contribution in [2.75, 3.05) is 13.1 Å². The van der Waals surface area contributed by atoms with Crippen molar-refractivity contribution in [3.05, 3.63) is 34.3 Å². The van der Waals surface area contributed by atoms with Gasteiger partial charge in [0.25, 0.3) is 0 Å². The highest BCUT2D eigenvalue weighted by Crippen LogP contribution is 2.28. The van der Waals surface area contributed by atoms with Gasteiger partial charge >= 0.3 is 0 Å². The number of aryl methyl sites for hydroxylation is 1. The molecule has 3 heteroatoms. The topological polar surface area (TPSA) is 20.3 Å². The monoisotopic (exact) mass is 293 g/mol. The summed E-state index contributed by atoms with van der Waals surface area (Å²) in [5.41, 5.74) is 1.73. The van der Waals surface area contributed by atoms with Crippen molar-refractivity contribution < 1.29 is 4.79 Å². The first-order valence-corrected chi connectivity index (χ1v) is 7.88. The summed E-state index contributed by atoms with van der Waals surface area (Å²) < 4.78 is 0. The largest absolute Gasteiger partial charge is 0.297 e. The predicted octanol–water partition coefficient (Wildman–Crippen LogP) is 4.02. The molecule has 1 fully saturated rings. The van der Waals surface area contributed by atoms with E-state index < -0.39 is 0 Å². The number of carbonyl (C=O) groups excluding carboxylic acids is 1. The van der Waals surface area contributed by atoms with Gasteiger partial charge in [0.2, 0.25) is 0 Å². The summed E-state index contributed by atoms with van der Waals surface area (Å²) in [6.45, 7) is 8.28. The molecule has 0 aromatic heterocycles. The highest BCUT2D eigenvalue weighted by atomic mass is 35.5. The summed E-state index contributed by atoms with van der Waals surface area (Å²) in [4.78, 5) is 15.1. The van der Waals surface area contributed by atoms with Gasteiger partial charge in [-0.15, -0.1) is 0 Å². The van der Waals surface area contributed by atoms with Crippen LogP contribution in [-0.4, -0.2) is 29.3 Å². The zero-order valence-electron chi connectivity index (χ0n) is 12.7. The summed E-state index contributed by atoms with van der Waals surface area (Å²) in [6, 6.07) is 5.94. The number of carbonyl (C=O) groups is 1. The van der Waals surface area contributed by atoms with Crippen LogP contribution >= 0.6 is 11.6 Å². The second-order valence-corrected chi connectivity index (χ2v) is 6.42. The molecule has 0 saturated carbocycles. The number of likely N-dealkylation sites (tertiary alicyclic amines) is 1. The van der Waals surface area contributed by atoms with Crippen LogP contribution in [0.1, 0.15) is 44.2 Å². The van der Waals surface area contributed by atoms with E-state index in [0.717, 1.165) is 30.6 Å². The van der Waals surface area contributed by atoms with Crippen molar-refractivity contribution in [1.82, 2.24) is 4.90 Å². The Labute approximate surface area is 127 Å². The van der Waals surface area contributed by atoms with Crippen LogP contribution in [0.4, 0.5) is 0 Å². The Bertz CT molecular complexity index is 494. The highest BCUT2D eigenvalue weighted by molar-refractivity contribution is 6.31. The summed E-state index contributed by atoms with van der Waals surface area (Å²) in [5.74, 6) is 0.285. The van der Waals surface area contributed by atoms with Gasteiger partial charge in [0.1, 0.15) is 0 Å². The lowest BCUT2D eigenvalue weighted by molar-refractivity contribution is -0.129. The summed E-state index contributed by atoms with van der Waals surface area (Å²) in [5, 5.41) is 0.707. The summed E-state index contributed by atoms with van der Waals surface area (Å²) in [6.07, 6.45) is 3.69. The number of nitrogens with zero attached hydrogens (tertiary/aromatic N) is 1. The van der Waals surface area contributed by atoms with E-state index in [9.17, 15) is 4.79 Å². The van der Waals surface area contributed by atoms with Crippen molar-refractivity contribution in [3.63, 3.8) is 0 Å².